The SMILES string of the molecule is CC(C)C[C@@H](N)c1ccc(F)cc1C(F)(F)F.Cl. The van der Waals surface area contributed by atoms with Crippen LogP contribution in [0.25, 0.3) is 0 Å². The van der Waals surface area contributed by atoms with Gasteiger partial charge in [0.1, 0.15) is 5.82 Å². The topological polar surface area (TPSA) is 26.0 Å². The van der Waals surface area contributed by atoms with E-state index in [-0.39, 0.29) is 23.9 Å². The first kappa shape index (κ1) is 17.2. The van der Waals surface area contributed by atoms with Gasteiger partial charge in [0, 0.05) is 6.04 Å². The molecule has 1 aromatic carbocycles. The van der Waals surface area contributed by atoms with E-state index in [0.717, 1.165) is 12.1 Å². The van der Waals surface area contributed by atoms with Crippen LogP contribution in [-0.2, 0) is 6.18 Å². The van der Waals surface area contributed by atoms with Gasteiger partial charge in [-0.25, -0.2) is 4.39 Å². The van der Waals surface area contributed by atoms with Crippen LogP contribution in [0.4, 0.5) is 17.6 Å². The normalized spacial score (nSPS) is 13.3. The maximum absolute atomic E-state index is 12.9. The van der Waals surface area contributed by atoms with Crippen molar-refractivity contribution in [3.63, 3.8) is 0 Å². The monoisotopic (exact) mass is 285 g/mol. The number of hydrogen-bond donors (Lipinski definition) is 1. The molecule has 0 heterocycles. The van der Waals surface area contributed by atoms with E-state index in [1.54, 1.807) is 0 Å². The summed E-state index contributed by atoms with van der Waals surface area (Å²) in [5, 5.41) is 0. The number of rotatable bonds is 3. The van der Waals surface area contributed by atoms with Gasteiger partial charge < -0.3 is 5.73 Å². The largest absolute Gasteiger partial charge is 0.416 e. The fourth-order valence-electron chi connectivity index (χ4n) is 1.73. The lowest BCUT2D eigenvalue weighted by Crippen LogP contribution is -2.19. The first-order valence-corrected chi connectivity index (χ1v) is 5.34. The molecule has 0 spiro atoms. The van der Waals surface area contributed by atoms with E-state index < -0.39 is 23.6 Å². The minimum atomic E-state index is -4.58. The Labute approximate surface area is 110 Å². The van der Waals surface area contributed by atoms with Gasteiger partial charge in [0.15, 0.2) is 0 Å². The highest BCUT2D eigenvalue weighted by molar-refractivity contribution is 5.85. The Balaban J connectivity index is 0.00000289. The summed E-state index contributed by atoms with van der Waals surface area (Å²) in [5.41, 5.74) is 4.69. The third-order valence-electron chi connectivity index (χ3n) is 2.45. The highest BCUT2D eigenvalue weighted by Crippen LogP contribution is 2.35. The van der Waals surface area contributed by atoms with E-state index >= 15 is 0 Å². The highest BCUT2D eigenvalue weighted by atomic mass is 35.5. The van der Waals surface area contributed by atoms with Gasteiger partial charge in [-0.1, -0.05) is 19.9 Å². The maximum Gasteiger partial charge on any atom is 0.416 e. The molecular formula is C12H16ClF4N. The third-order valence-corrected chi connectivity index (χ3v) is 2.45. The summed E-state index contributed by atoms with van der Waals surface area (Å²) in [6.45, 7) is 3.74. The molecule has 1 rings (SSSR count). The lowest BCUT2D eigenvalue weighted by Gasteiger charge is -2.19. The van der Waals surface area contributed by atoms with Crippen LogP contribution in [-0.4, -0.2) is 0 Å². The molecule has 0 saturated heterocycles. The molecular weight excluding hydrogens is 270 g/mol. The summed E-state index contributed by atoms with van der Waals surface area (Å²) < 4.78 is 51.0. The van der Waals surface area contributed by atoms with Crippen LogP contribution in [0.3, 0.4) is 0 Å². The van der Waals surface area contributed by atoms with Crippen molar-refractivity contribution >= 4 is 12.4 Å². The molecule has 104 valence electrons. The zero-order valence-electron chi connectivity index (χ0n) is 10.1. The summed E-state index contributed by atoms with van der Waals surface area (Å²) in [7, 11) is 0. The molecule has 1 nitrogen and oxygen atoms in total. The van der Waals surface area contributed by atoms with Crippen LogP contribution in [0.5, 0.6) is 0 Å². The van der Waals surface area contributed by atoms with Crippen LogP contribution >= 0.6 is 12.4 Å². The molecule has 0 saturated carbocycles. The van der Waals surface area contributed by atoms with E-state index in [0.29, 0.717) is 12.5 Å². The quantitative estimate of drug-likeness (QED) is 0.823. The Morgan fingerprint density at radius 3 is 2.22 bits per heavy atom. The molecule has 0 aliphatic rings. The van der Waals surface area contributed by atoms with Crippen molar-refractivity contribution in [2.24, 2.45) is 11.7 Å². The first-order chi connectivity index (χ1) is 7.71. The van der Waals surface area contributed by atoms with E-state index in [2.05, 4.69) is 0 Å². The molecule has 0 bridgehead atoms. The summed E-state index contributed by atoms with van der Waals surface area (Å²) in [5.74, 6) is -0.728. The van der Waals surface area contributed by atoms with Crippen molar-refractivity contribution in [1.82, 2.24) is 0 Å². The van der Waals surface area contributed by atoms with Gasteiger partial charge in [0.05, 0.1) is 5.56 Å². The standard InChI is InChI=1S/C12H15F4N.ClH/c1-7(2)5-11(17)9-4-3-8(13)6-10(9)12(14,15)16;/h3-4,6-7,11H,5,17H2,1-2H3;1H/t11-;/m1./s1. The Kier molecular flexibility index (Phi) is 6.10. The van der Waals surface area contributed by atoms with Gasteiger partial charge in [-0.3, -0.25) is 0 Å². The predicted octanol–water partition coefficient (Wildman–Crippen LogP) is 4.31. The second-order valence-electron chi connectivity index (χ2n) is 4.47. The van der Waals surface area contributed by atoms with Gasteiger partial charge in [0.25, 0.3) is 0 Å². The molecule has 1 aromatic rings. The minimum absolute atomic E-state index is 0. The average molecular weight is 286 g/mol. The first-order valence-electron chi connectivity index (χ1n) is 5.34. The zero-order chi connectivity index (χ0) is 13.2. The Hall–Kier alpha value is -0.810. The second-order valence-corrected chi connectivity index (χ2v) is 4.47. The van der Waals surface area contributed by atoms with Crippen LogP contribution in [0.1, 0.15) is 37.4 Å². The predicted molar refractivity (Wildman–Crippen MR) is 65.0 cm³/mol. The Morgan fingerprint density at radius 2 is 1.78 bits per heavy atom. The van der Waals surface area contributed by atoms with Crippen LogP contribution in [0.2, 0.25) is 0 Å². The van der Waals surface area contributed by atoms with Gasteiger partial charge in [0.2, 0.25) is 0 Å². The average Bonchev–Trinajstić information content (AvgIpc) is 2.14. The Bertz CT molecular complexity index is 390. The number of nitrogens with two attached hydrogens (primary N) is 1. The number of benzene rings is 1. The van der Waals surface area contributed by atoms with Gasteiger partial charge in [-0.05, 0) is 30.0 Å². The molecule has 6 heteroatoms. The van der Waals surface area contributed by atoms with Gasteiger partial charge in [-0.2, -0.15) is 13.2 Å². The molecule has 0 aliphatic heterocycles. The smallest absolute Gasteiger partial charge is 0.324 e. The number of alkyl halides is 3. The van der Waals surface area contributed by atoms with Crippen LogP contribution in [0.15, 0.2) is 18.2 Å². The van der Waals surface area contributed by atoms with Gasteiger partial charge >= 0.3 is 6.18 Å². The van der Waals surface area contributed by atoms with E-state index in [1.165, 1.54) is 0 Å². The summed E-state index contributed by atoms with van der Waals surface area (Å²) in [4.78, 5) is 0. The van der Waals surface area contributed by atoms with Crippen molar-refractivity contribution < 1.29 is 17.6 Å². The van der Waals surface area contributed by atoms with E-state index in [4.69, 9.17) is 5.73 Å². The van der Waals surface area contributed by atoms with Crippen LogP contribution in [0, 0.1) is 11.7 Å². The van der Waals surface area contributed by atoms with Gasteiger partial charge in [-0.15, -0.1) is 12.4 Å². The molecule has 0 unspecified atom stereocenters. The number of halogens is 5. The summed E-state index contributed by atoms with van der Waals surface area (Å²) in [6.07, 6.45) is -4.15. The van der Waals surface area contributed by atoms with Crippen molar-refractivity contribution in [2.45, 2.75) is 32.5 Å². The summed E-state index contributed by atoms with van der Waals surface area (Å²) in [6, 6.07) is 1.89. The van der Waals surface area contributed by atoms with Crippen molar-refractivity contribution in [2.75, 3.05) is 0 Å². The molecule has 2 N–H and O–H groups in total. The van der Waals surface area contributed by atoms with Crippen LogP contribution < -0.4 is 5.73 Å². The minimum Gasteiger partial charge on any atom is -0.324 e. The Morgan fingerprint density at radius 1 is 1.22 bits per heavy atom. The van der Waals surface area contributed by atoms with Crippen molar-refractivity contribution in [3.05, 3.63) is 35.1 Å². The lowest BCUT2D eigenvalue weighted by molar-refractivity contribution is -0.138. The number of hydrogen-bond acceptors (Lipinski definition) is 1. The molecule has 0 amide bonds. The van der Waals surface area contributed by atoms with E-state index in [1.807, 2.05) is 13.8 Å². The molecule has 1 atom stereocenters. The molecule has 18 heavy (non-hydrogen) atoms. The zero-order valence-corrected chi connectivity index (χ0v) is 10.9. The second kappa shape index (κ2) is 6.38. The fraction of sp³-hybridized carbons (Fsp3) is 0.500. The maximum atomic E-state index is 12.9. The highest BCUT2D eigenvalue weighted by Gasteiger charge is 2.35. The van der Waals surface area contributed by atoms with Crippen molar-refractivity contribution in [3.8, 4) is 0 Å². The third kappa shape index (κ3) is 4.46. The van der Waals surface area contributed by atoms with Crippen molar-refractivity contribution in [1.29, 1.82) is 0 Å². The lowest BCUT2D eigenvalue weighted by atomic mass is 9.94. The molecule has 0 radical (unpaired) electrons. The fourth-order valence-corrected chi connectivity index (χ4v) is 1.73. The van der Waals surface area contributed by atoms with E-state index in [9.17, 15) is 17.6 Å². The molecule has 0 fully saturated rings. The molecule has 0 aromatic heterocycles. The molecule has 0 aliphatic carbocycles. The summed E-state index contributed by atoms with van der Waals surface area (Å²) >= 11 is 0.